The molecule has 8 heteroatoms. The Morgan fingerprint density at radius 1 is 1.35 bits per heavy atom. The summed E-state index contributed by atoms with van der Waals surface area (Å²) in [6.07, 6.45) is 0. The molecule has 0 fully saturated rings. The van der Waals surface area contributed by atoms with E-state index in [1.165, 1.54) is 6.07 Å². The van der Waals surface area contributed by atoms with Crippen molar-refractivity contribution < 1.29 is 14.1 Å². The van der Waals surface area contributed by atoms with Gasteiger partial charge in [0.2, 0.25) is 0 Å². The number of nitrogens with zero attached hydrogens (tertiary/aromatic N) is 2. The molecule has 0 aliphatic carbocycles. The number of carbonyl (C=O) groups is 1. The van der Waals surface area contributed by atoms with Gasteiger partial charge >= 0.3 is 5.88 Å². The second kappa shape index (κ2) is 8.00. The van der Waals surface area contributed by atoms with Gasteiger partial charge in [0, 0.05) is 18.1 Å². The van der Waals surface area contributed by atoms with E-state index in [2.05, 4.69) is 11.4 Å². The van der Waals surface area contributed by atoms with Gasteiger partial charge < -0.3 is 9.73 Å². The molecule has 1 heterocycles. The first kappa shape index (κ1) is 16.6. The molecule has 1 N–H and O–H groups in total. The van der Waals surface area contributed by atoms with Crippen molar-refractivity contribution in [2.45, 2.75) is 5.75 Å². The minimum Gasteiger partial charge on any atom is -0.395 e. The standard InChI is InChI=1S/C15H13N3O4S/c16-9-11-3-1-2-4-12(11)10-23-8-7-17-15(19)13-5-6-14(22-13)18(20)21/h1-6H,7-8,10H2,(H,17,19). The van der Waals surface area contributed by atoms with Gasteiger partial charge in [-0.15, -0.1) is 0 Å². The maximum absolute atomic E-state index is 11.7. The number of rotatable bonds is 7. The van der Waals surface area contributed by atoms with Crippen molar-refractivity contribution in [1.82, 2.24) is 5.32 Å². The second-order valence-corrected chi connectivity index (χ2v) is 5.58. The molecule has 2 aromatic rings. The van der Waals surface area contributed by atoms with E-state index in [-0.39, 0.29) is 5.76 Å². The van der Waals surface area contributed by atoms with Crippen LogP contribution in [0.5, 0.6) is 0 Å². The van der Waals surface area contributed by atoms with E-state index in [1.807, 2.05) is 18.2 Å². The summed E-state index contributed by atoms with van der Waals surface area (Å²) in [6.45, 7) is 0.396. The number of nitriles is 1. The van der Waals surface area contributed by atoms with Gasteiger partial charge in [-0.2, -0.15) is 17.0 Å². The van der Waals surface area contributed by atoms with Gasteiger partial charge in [0.1, 0.15) is 4.92 Å². The first-order valence-corrected chi connectivity index (χ1v) is 7.85. The first-order valence-electron chi connectivity index (χ1n) is 6.70. The molecule has 0 bridgehead atoms. The maximum Gasteiger partial charge on any atom is 0.433 e. The fourth-order valence-electron chi connectivity index (χ4n) is 1.81. The lowest BCUT2D eigenvalue weighted by Gasteiger charge is -2.05. The Morgan fingerprint density at radius 3 is 2.83 bits per heavy atom. The predicted octanol–water partition coefficient (Wildman–Crippen LogP) is 2.72. The lowest BCUT2D eigenvalue weighted by Crippen LogP contribution is -2.25. The summed E-state index contributed by atoms with van der Waals surface area (Å²) in [4.78, 5) is 21.5. The third kappa shape index (κ3) is 4.59. The van der Waals surface area contributed by atoms with E-state index in [0.717, 1.165) is 11.6 Å². The third-order valence-corrected chi connectivity index (χ3v) is 3.93. The summed E-state index contributed by atoms with van der Waals surface area (Å²) < 4.78 is 4.81. The summed E-state index contributed by atoms with van der Waals surface area (Å²) in [5.74, 6) is 0.283. The molecule has 0 unspecified atom stereocenters. The molecule has 1 amide bonds. The number of nitrogens with one attached hydrogen (secondary N) is 1. The maximum atomic E-state index is 11.7. The average molecular weight is 331 g/mol. The van der Waals surface area contributed by atoms with Gasteiger partial charge in [-0.1, -0.05) is 18.2 Å². The molecule has 23 heavy (non-hydrogen) atoms. The van der Waals surface area contributed by atoms with Crippen LogP contribution in [0.2, 0.25) is 0 Å². The van der Waals surface area contributed by atoms with Gasteiger partial charge in [0.25, 0.3) is 5.91 Å². The van der Waals surface area contributed by atoms with Crippen molar-refractivity contribution in [3.05, 3.63) is 63.4 Å². The van der Waals surface area contributed by atoms with E-state index in [9.17, 15) is 14.9 Å². The van der Waals surface area contributed by atoms with E-state index in [4.69, 9.17) is 9.68 Å². The number of benzene rings is 1. The van der Waals surface area contributed by atoms with Gasteiger partial charge in [-0.3, -0.25) is 14.9 Å². The Bertz CT molecular complexity index is 751. The number of hydrogen-bond donors (Lipinski definition) is 1. The summed E-state index contributed by atoms with van der Waals surface area (Å²) >= 11 is 1.58. The zero-order chi connectivity index (χ0) is 16.7. The Labute approximate surface area is 136 Å². The smallest absolute Gasteiger partial charge is 0.395 e. The summed E-state index contributed by atoms with van der Waals surface area (Å²) in [5.41, 5.74) is 1.60. The predicted molar refractivity (Wildman–Crippen MR) is 85.0 cm³/mol. The number of nitro groups is 1. The Hall–Kier alpha value is -2.79. The largest absolute Gasteiger partial charge is 0.433 e. The first-order chi connectivity index (χ1) is 11.1. The molecule has 0 saturated heterocycles. The average Bonchev–Trinajstić information content (AvgIpc) is 3.05. The van der Waals surface area contributed by atoms with Crippen molar-refractivity contribution >= 4 is 23.6 Å². The number of hydrogen-bond acceptors (Lipinski definition) is 6. The topological polar surface area (TPSA) is 109 Å². The second-order valence-electron chi connectivity index (χ2n) is 4.47. The number of thioether (sulfide) groups is 1. The highest BCUT2D eigenvalue weighted by atomic mass is 32.2. The zero-order valence-electron chi connectivity index (χ0n) is 12.0. The molecule has 118 valence electrons. The van der Waals surface area contributed by atoms with Gasteiger partial charge in [0.05, 0.1) is 17.7 Å². The molecule has 1 aromatic carbocycles. The highest BCUT2D eigenvalue weighted by Crippen LogP contribution is 2.16. The van der Waals surface area contributed by atoms with Crippen LogP contribution in [-0.2, 0) is 5.75 Å². The molecule has 0 radical (unpaired) electrons. The lowest BCUT2D eigenvalue weighted by atomic mass is 10.1. The summed E-state index contributed by atoms with van der Waals surface area (Å²) in [7, 11) is 0. The van der Waals surface area contributed by atoms with Crippen LogP contribution in [0.25, 0.3) is 0 Å². The molecular formula is C15H13N3O4S. The van der Waals surface area contributed by atoms with Crippen LogP contribution in [-0.4, -0.2) is 23.1 Å². The van der Waals surface area contributed by atoms with Gasteiger partial charge in [-0.25, -0.2) is 0 Å². The van der Waals surface area contributed by atoms with Crippen LogP contribution in [0.4, 0.5) is 5.88 Å². The van der Waals surface area contributed by atoms with E-state index in [1.54, 1.807) is 17.8 Å². The molecular weight excluding hydrogens is 318 g/mol. The van der Waals surface area contributed by atoms with Gasteiger partial charge in [-0.05, 0) is 17.7 Å². The SMILES string of the molecule is N#Cc1ccccc1CSCCNC(=O)c1ccc([N+](=O)[O-])o1. The summed E-state index contributed by atoms with van der Waals surface area (Å²) in [5, 5.41) is 22.1. The minimum atomic E-state index is -0.695. The number of amides is 1. The molecule has 0 atom stereocenters. The minimum absolute atomic E-state index is 0.0865. The van der Waals surface area contributed by atoms with E-state index in [0.29, 0.717) is 23.6 Å². The van der Waals surface area contributed by atoms with Crippen molar-refractivity contribution in [2.75, 3.05) is 12.3 Å². The number of carbonyl (C=O) groups excluding carboxylic acids is 1. The highest BCUT2D eigenvalue weighted by molar-refractivity contribution is 7.98. The highest BCUT2D eigenvalue weighted by Gasteiger charge is 2.16. The number of furan rings is 1. The molecule has 0 saturated carbocycles. The van der Waals surface area contributed by atoms with Crippen molar-refractivity contribution in [3.63, 3.8) is 0 Å². The van der Waals surface area contributed by atoms with Crippen LogP contribution in [0.15, 0.2) is 40.8 Å². The molecule has 0 aliphatic rings. The fourth-order valence-corrected chi connectivity index (χ4v) is 2.67. The van der Waals surface area contributed by atoms with Gasteiger partial charge in [0.15, 0.2) is 5.76 Å². The van der Waals surface area contributed by atoms with Crippen LogP contribution in [0.1, 0.15) is 21.7 Å². The monoisotopic (exact) mass is 331 g/mol. The lowest BCUT2D eigenvalue weighted by molar-refractivity contribution is -0.402. The molecule has 7 nitrogen and oxygen atoms in total. The van der Waals surface area contributed by atoms with E-state index >= 15 is 0 Å². The summed E-state index contributed by atoms with van der Waals surface area (Å²) in [6, 6.07) is 11.9. The van der Waals surface area contributed by atoms with Crippen LogP contribution in [0, 0.1) is 21.4 Å². The van der Waals surface area contributed by atoms with Crippen molar-refractivity contribution in [3.8, 4) is 6.07 Å². The molecule has 0 spiro atoms. The molecule has 0 aliphatic heterocycles. The molecule has 2 rings (SSSR count). The quantitative estimate of drug-likeness (QED) is 0.474. The van der Waals surface area contributed by atoms with Crippen LogP contribution >= 0.6 is 11.8 Å². The zero-order valence-corrected chi connectivity index (χ0v) is 12.8. The Kier molecular flexibility index (Phi) is 5.77. The van der Waals surface area contributed by atoms with Crippen molar-refractivity contribution in [2.24, 2.45) is 0 Å². The van der Waals surface area contributed by atoms with Crippen LogP contribution in [0.3, 0.4) is 0 Å². The normalized spacial score (nSPS) is 10.0. The third-order valence-electron chi connectivity index (χ3n) is 2.92. The van der Waals surface area contributed by atoms with E-state index < -0.39 is 16.7 Å². The van der Waals surface area contributed by atoms with Crippen molar-refractivity contribution in [1.29, 1.82) is 5.26 Å². The van der Waals surface area contributed by atoms with Crippen LogP contribution < -0.4 is 5.32 Å². The Morgan fingerprint density at radius 2 is 2.13 bits per heavy atom. The Balaban J connectivity index is 1.74. The fraction of sp³-hybridized carbons (Fsp3) is 0.200. The molecule has 1 aromatic heterocycles.